The fourth-order valence-corrected chi connectivity index (χ4v) is 4.71. The number of rotatable bonds is 7. The highest BCUT2D eigenvalue weighted by molar-refractivity contribution is 7.22. The number of carbonyl (C=O) groups excluding carboxylic acids is 1. The summed E-state index contributed by atoms with van der Waals surface area (Å²) in [5.74, 6) is 0.641. The van der Waals surface area contributed by atoms with Crippen LogP contribution < -0.4 is 9.64 Å². The van der Waals surface area contributed by atoms with Crippen molar-refractivity contribution in [2.24, 2.45) is 0 Å². The van der Waals surface area contributed by atoms with E-state index in [1.165, 1.54) is 11.3 Å². The zero-order chi connectivity index (χ0) is 20.9. The molecule has 4 rings (SSSR count). The molecule has 1 saturated heterocycles. The minimum Gasteiger partial charge on any atom is -0.497 e. The predicted octanol–water partition coefficient (Wildman–Crippen LogP) is 4.33. The van der Waals surface area contributed by atoms with E-state index in [-0.39, 0.29) is 5.91 Å². The summed E-state index contributed by atoms with van der Waals surface area (Å²) in [7, 11) is 1.64. The van der Waals surface area contributed by atoms with Gasteiger partial charge in [-0.05, 0) is 36.8 Å². The normalized spacial score (nSPS) is 14.7. The molecule has 2 aromatic carbocycles. The number of anilines is 1. The first-order valence-electron chi connectivity index (χ1n) is 9.97. The van der Waals surface area contributed by atoms with Crippen LogP contribution in [0.25, 0.3) is 10.2 Å². The maximum Gasteiger partial charge on any atom is 0.261 e. The SMILES string of the molecule is COc1ccc2nc(N(CCCN3CCOCC3)C(=O)c3ccccc3Cl)sc2c1. The molecule has 3 aromatic rings. The topological polar surface area (TPSA) is 54.9 Å². The summed E-state index contributed by atoms with van der Waals surface area (Å²) in [6, 6.07) is 12.9. The predicted molar refractivity (Wildman–Crippen MR) is 121 cm³/mol. The molecule has 6 nitrogen and oxygen atoms in total. The molecule has 30 heavy (non-hydrogen) atoms. The van der Waals surface area contributed by atoms with Gasteiger partial charge in [0.05, 0.1) is 41.1 Å². The van der Waals surface area contributed by atoms with Gasteiger partial charge in [-0.1, -0.05) is 35.1 Å². The molecule has 0 aliphatic carbocycles. The van der Waals surface area contributed by atoms with Gasteiger partial charge < -0.3 is 9.47 Å². The second-order valence-corrected chi connectivity index (χ2v) is 8.49. The number of hydrogen-bond acceptors (Lipinski definition) is 6. The number of carbonyl (C=O) groups is 1. The Morgan fingerprint density at radius 2 is 2.07 bits per heavy atom. The Bertz CT molecular complexity index is 1020. The van der Waals surface area contributed by atoms with Crippen molar-refractivity contribution >= 4 is 44.2 Å². The van der Waals surface area contributed by atoms with Crippen molar-refractivity contribution in [3.05, 3.63) is 53.1 Å². The fraction of sp³-hybridized carbons (Fsp3) is 0.364. The first-order valence-corrected chi connectivity index (χ1v) is 11.2. The molecule has 8 heteroatoms. The number of aromatic nitrogens is 1. The number of morpholine rings is 1. The third-order valence-corrected chi connectivity index (χ3v) is 6.50. The van der Waals surface area contributed by atoms with E-state index >= 15 is 0 Å². The summed E-state index contributed by atoms with van der Waals surface area (Å²) < 4.78 is 11.7. The van der Waals surface area contributed by atoms with Crippen molar-refractivity contribution in [2.45, 2.75) is 6.42 Å². The summed E-state index contributed by atoms with van der Waals surface area (Å²) in [4.78, 5) is 22.2. The molecule has 1 aliphatic rings. The van der Waals surface area contributed by atoms with Crippen LogP contribution in [0.15, 0.2) is 42.5 Å². The van der Waals surface area contributed by atoms with E-state index in [2.05, 4.69) is 4.90 Å². The maximum atomic E-state index is 13.4. The van der Waals surface area contributed by atoms with E-state index < -0.39 is 0 Å². The van der Waals surface area contributed by atoms with E-state index in [0.717, 1.165) is 55.2 Å². The summed E-state index contributed by atoms with van der Waals surface area (Å²) in [5.41, 5.74) is 1.34. The van der Waals surface area contributed by atoms with Gasteiger partial charge in [0.1, 0.15) is 5.75 Å². The lowest BCUT2D eigenvalue weighted by Gasteiger charge is -2.27. The summed E-state index contributed by atoms with van der Waals surface area (Å²) >= 11 is 7.81. The van der Waals surface area contributed by atoms with Crippen molar-refractivity contribution < 1.29 is 14.3 Å². The number of benzene rings is 2. The zero-order valence-corrected chi connectivity index (χ0v) is 18.4. The van der Waals surface area contributed by atoms with Crippen LogP contribution in [0.2, 0.25) is 5.02 Å². The number of hydrogen-bond donors (Lipinski definition) is 0. The van der Waals surface area contributed by atoms with E-state index in [0.29, 0.717) is 22.3 Å². The van der Waals surface area contributed by atoms with Crippen LogP contribution in [0, 0.1) is 0 Å². The van der Waals surface area contributed by atoms with Crippen LogP contribution in [0.5, 0.6) is 5.75 Å². The molecule has 1 amide bonds. The average molecular weight is 446 g/mol. The fourth-order valence-electron chi connectivity index (χ4n) is 3.48. The standard InChI is InChI=1S/C22H24ClN3O3S/c1-28-16-7-8-19-20(15-16)30-22(24-19)26(10-4-9-25-11-13-29-14-12-25)21(27)17-5-2-3-6-18(17)23/h2-3,5-8,15H,4,9-14H2,1H3. The Morgan fingerprint density at radius 1 is 1.27 bits per heavy atom. The van der Waals surface area contributed by atoms with E-state index in [1.807, 2.05) is 30.3 Å². The minimum atomic E-state index is -0.131. The second kappa shape index (κ2) is 9.75. The van der Waals surface area contributed by atoms with Crippen LogP contribution in [0.1, 0.15) is 16.8 Å². The number of amides is 1. The van der Waals surface area contributed by atoms with Gasteiger partial charge in [0.2, 0.25) is 0 Å². The lowest BCUT2D eigenvalue weighted by molar-refractivity contribution is 0.0376. The molecule has 1 aromatic heterocycles. The third-order valence-electron chi connectivity index (χ3n) is 5.12. The van der Waals surface area contributed by atoms with Crippen molar-refractivity contribution in [1.29, 1.82) is 0 Å². The Hall–Kier alpha value is -2.19. The molecule has 0 spiro atoms. The van der Waals surface area contributed by atoms with Gasteiger partial charge >= 0.3 is 0 Å². The van der Waals surface area contributed by atoms with Crippen molar-refractivity contribution in [3.63, 3.8) is 0 Å². The Balaban J connectivity index is 1.59. The number of ether oxygens (including phenoxy) is 2. The smallest absolute Gasteiger partial charge is 0.261 e. The largest absolute Gasteiger partial charge is 0.497 e. The molecule has 0 radical (unpaired) electrons. The number of nitrogens with zero attached hydrogens (tertiary/aromatic N) is 3. The molecule has 0 saturated carbocycles. The van der Waals surface area contributed by atoms with Crippen LogP contribution in [-0.2, 0) is 4.74 Å². The molecule has 2 heterocycles. The van der Waals surface area contributed by atoms with E-state index in [4.69, 9.17) is 26.1 Å². The number of thiazole rings is 1. The molecule has 1 aliphatic heterocycles. The summed E-state index contributed by atoms with van der Waals surface area (Å²) in [5, 5.41) is 1.12. The lowest BCUT2D eigenvalue weighted by Crippen LogP contribution is -2.39. The minimum absolute atomic E-state index is 0.131. The van der Waals surface area contributed by atoms with Gasteiger partial charge in [0, 0.05) is 26.2 Å². The van der Waals surface area contributed by atoms with Crippen molar-refractivity contribution in [2.75, 3.05) is 51.4 Å². The molecular formula is C22H24ClN3O3S. The van der Waals surface area contributed by atoms with E-state index in [9.17, 15) is 4.79 Å². The third kappa shape index (κ3) is 4.75. The van der Waals surface area contributed by atoms with Gasteiger partial charge in [-0.25, -0.2) is 4.98 Å². The molecule has 0 atom stereocenters. The molecular weight excluding hydrogens is 422 g/mol. The quantitative estimate of drug-likeness (QED) is 0.542. The molecule has 0 bridgehead atoms. The zero-order valence-electron chi connectivity index (χ0n) is 16.8. The van der Waals surface area contributed by atoms with Gasteiger partial charge in [0.25, 0.3) is 5.91 Å². The van der Waals surface area contributed by atoms with Gasteiger partial charge in [0.15, 0.2) is 5.13 Å². The Labute approximate surface area is 185 Å². The number of methoxy groups -OCH3 is 1. The first-order chi connectivity index (χ1) is 14.7. The maximum absolute atomic E-state index is 13.4. The van der Waals surface area contributed by atoms with Gasteiger partial charge in [-0.3, -0.25) is 14.6 Å². The van der Waals surface area contributed by atoms with Crippen molar-refractivity contribution in [1.82, 2.24) is 9.88 Å². The Morgan fingerprint density at radius 3 is 2.83 bits per heavy atom. The molecule has 1 fully saturated rings. The second-order valence-electron chi connectivity index (χ2n) is 7.07. The van der Waals surface area contributed by atoms with Crippen LogP contribution in [0.4, 0.5) is 5.13 Å². The van der Waals surface area contributed by atoms with Crippen LogP contribution >= 0.6 is 22.9 Å². The average Bonchev–Trinajstić information content (AvgIpc) is 3.20. The van der Waals surface area contributed by atoms with Crippen LogP contribution in [0.3, 0.4) is 0 Å². The summed E-state index contributed by atoms with van der Waals surface area (Å²) in [6.07, 6.45) is 0.843. The number of halogens is 1. The van der Waals surface area contributed by atoms with Crippen LogP contribution in [-0.4, -0.2) is 62.3 Å². The highest BCUT2D eigenvalue weighted by atomic mass is 35.5. The van der Waals surface area contributed by atoms with E-state index in [1.54, 1.807) is 24.1 Å². The van der Waals surface area contributed by atoms with Gasteiger partial charge in [-0.15, -0.1) is 0 Å². The highest BCUT2D eigenvalue weighted by Gasteiger charge is 2.23. The first kappa shape index (κ1) is 21.1. The van der Waals surface area contributed by atoms with Crippen molar-refractivity contribution in [3.8, 4) is 5.75 Å². The molecule has 0 unspecified atom stereocenters. The summed E-state index contributed by atoms with van der Waals surface area (Å²) in [6.45, 7) is 4.87. The lowest BCUT2D eigenvalue weighted by atomic mass is 10.2. The highest BCUT2D eigenvalue weighted by Crippen LogP contribution is 2.33. The number of fused-ring (bicyclic) bond motifs is 1. The molecule has 158 valence electrons. The monoisotopic (exact) mass is 445 g/mol. The molecule has 0 N–H and O–H groups in total. The Kier molecular flexibility index (Phi) is 6.84. The van der Waals surface area contributed by atoms with Gasteiger partial charge in [-0.2, -0.15) is 0 Å².